The highest BCUT2D eigenvalue weighted by Crippen LogP contribution is 2.23. The van der Waals surface area contributed by atoms with Gasteiger partial charge in [0.25, 0.3) is 0 Å². The van der Waals surface area contributed by atoms with E-state index in [0.717, 1.165) is 0 Å². The molecule has 6 nitrogen and oxygen atoms in total. The molecular weight excluding hydrogens is 418 g/mol. The van der Waals surface area contributed by atoms with Crippen LogP contribution < -0.4 is 0 Å². The smallest absolute Gasteiger partial charge is 0.334 e. The normalized spacial score (nSPS) is 10.9. The van der Waals surface area contributed by atoms with Crippen molar-refractivity contribution in [1.29, 1.82) is 0 Å². The third kappa shape index (κ3) is 4.33. The molecule has 0 aliphatic heterocycles. The zero-order valence-corrected chi connectivity index (χ0v) is 19.7. The fourth-order valence-corrected chi connectivity index (χ4v) is 6.47. The molecule has 7 heteroatoms. The molecule has 0 saturated heterocycles. The monoisotopic (exact) mass is 445 g/mol. The van der Waals surface area contributed by atoms with Gasteiger partial charge in [-0.05, 0) is 42.9 Å². The highest BCUT2D eigenvalue weighted by atomic mass is 28.4. The highest BCUT2D eigenvalue weighted by Gasteiger charge is 2.50. The van der Waals surface area contributed by atoms with E-state index in [1.165, 1.54) is 0 Å². The van der Waals surface area contributed by atoms with E-state index in [1.54, 1.807) is 108 Å². The van der Waals surface area contributed by atoms with Crippen molar-refractivity contribution in [3.8, 4) is 0 Å². The van der Waals surface area contributed by atoms with E-state index in [9.17, 15) is 14.4 Å². The first-order chi connectivity index (χ1) is 15.3. The molecule has 0 bridgehead atoms. The Bertz CT molecular complexity index is 952. The number of nitrogens with zero attached hydrogens (tertiary/aromatic N) is 3. The first kappa shape index (κ1) is 23.0. The van der Waals surface area contributed by atoms with Crippen LogP contribution in [0.25, 0.3) is 0 Å². The van der Waals surface area contributed by atoms with Crippen LogP contribution in [0, 0.1) is 0 Å². The van der Waals surface area contributed by atoms with Gasteiger partial charge in [-0.3, -0.25) is 14.4 Å². The van der Waals surface area contributed by atoms with Crippen LogP contribution in [-0.2, 0) is 0 Å². The largest absolute Gasteiger partial charge is 0.383 e. The zero-order valence-electron chi connectivity index (χ0n) is 18.7. The number of carbonyl (C=O) groups is 3. The van der Waals surface area contributed by atoms with Gasteiger partial charge in [0.05, 0.1) is 0 Å². The molecule has 0 radical (unpaired) electrons. The number of carbonyl (C=O) groups excluding carboxylic acids is 3. The first-order valence-electron chi connectivity index (χ1n) is 10.3. The van der Waals surface area contributed by atoms with Crippen molar-refractivity contribution < 1.29 is 14.4 Å². The summed E-state index contributed by atoms with van der Waals surface area (Å²) in [6.45, 7) is 1.83. The van der Waals surface area contributed by atoms with Gasteiger partial charge >= 0.3 is 8.56 Å². The Morgan fingerprint density at radius 2 is 0.719 bits per heavy atom. The number of benzene rings is 3. The molecule has 0 unspecified atom stereocenters. The molecule has 32 heavy (non-hydrogen) atoms. The Morgan fingerprint density at radius 3 is 0.938 bits per heavy atom. The fourth-order valence-electron chi connectivity index (χ4n) is 3.58. The van der Waals surface area contributed by atoms with Crippen molar-refractivity contribution in [2.24, 2.45) is 0 Å². The maximum Gasteiger partial charge on any atom is 0.383 e. The van der Waals surface area contributed by atoms with E-state index >= 15 is 0 Å². The van der Waals surface area contributed by atoms with Crippen molar-refractivity contribution in [3.05, 3.63) is 108 Å². The van der Waals surface area contributed by atoms with Crippen LogP contribution in [-0.4, -0.2) is 61.1 Å². The summed E-state index contributed by atoms with van der Waals surface area (Å²) >= 11 is 0. The number of hydrogen-bond donors (Lipinski definition) is 0. The van der Waals surface area contributed by atoms with Gasteiger partial charge in [-0.15, -0.1) is 0 Å². The highest BCUT2D eigenvalue weighted by molar-refractivity contribution is 6.77. The van der Waals surface area contributed by atoms with Crippen molar-refractivity contribution >= 4 is 26.3 Å². The molecule has 0 heterocycles. The lowest BCUT2D eigenvalue weighted by Gasteiger charge is -2.47. The van der Waals surface area contributed by atoms with E-state index in [4.69, 9.17) is 0 Å². The van der Waals surface area contributed by atoms with Crippen molar-refractivity contribution in [2.75, 3.05) is 21.1 Å². The van der Waals surface area contributed by atoms with Crippen LogP contribution in [0.15, 0.2) is 91.0 Å². The van der Waals surface area contributed by atoms with Crippen LogP contribution in [0.5, 0.6) is 0 Å². The molecule has 0 fully saturated rings. The Balaban J connectivity index is 2.06. The molecule has 3 rings (SSSR count). The molecule has 0 aliphatic carbocycles. The van der Waals surface area contributed by atoms with Crippen molar-refractivity contribution in [1.82, 2.24) is 13.7 Å². The van der Waals surface area contributed by atoms with Gasteiger partial charge in [-0.2, -0.15) is 0 Å². The van der Waals surface area contributed by atoms with E-state index in [-0.39, 0.29) is 17.7 Å². The summed E-state index contributed by atoms with van der Waals surface area (Å²) in [5, 5.41) is 0. The van der Waals surface area contributed by atoms with Crippen LogP contribution in [0.3, 0.4) is 0 Å². The number of hydrogen-bond acceptors (Lipinski definition) is 3. The molecule has 3 amide bonds. The quantitative estimate of drug-likeness (QED) is 0.541. The third-order valence-electron chi connectivity index (χ3n) is 5.88. The summed E-state index contributed by atoms with van der Waals surface area (Å²) in [5.41, 5.74) is 1.49. The molecule has 0 N–H and O–H groups in total. The topological polar surface area (TPSA) is 60.9 Å². The molecule has 0 aliphatic rings. The standard InChI is InChI=1S/C25H27N3O3Si/c1-26(23(29)20-14-8-5-9-15-20)32(4,27(2)24(30)21-16-10-6-11-17-21)28(3)25(31)22-18-12-7-13-19-22/h5-19H,1-4H3. The molecule has 0 aromatic heterocycles. The van der Waals surface area contributed by atoms with Crippen molar-refractivity contribution in [3.63, 3.8) is 0 Å². The molecule has 0 saturated carbocycles. The maximum absolute atomic E-state index is 13.4. The van der Waals surface area contributed by atoms with E-state index < -0.39 is 8.56 Å². The van der Waals surface area contributed by atoms with Crippen LogP contribution in [0.4, 0.5) is 0 Å². The van der Waals surface area contributed by atoms with Gasteiger partial charge < -0.3 is 13.7 Å². The van der Waals surface area contributed by atoms with Gasteiger partial charge in [-0.1, -0.05) is 54.6 Å². The lowest BCUT2D eigenvalue weighted by molar-refractivity contribution is 0.0760. The summed E-state index contributed by atoms with van der Waals surface area (Å²) in [6, 6.07) is 26.6. The Hall–Kier alpha value is -3.71. The van der Waals surface area contributed by atoms with Gasteiger partial charge in [0, 0.05) is 37.8 Å². The van der Waals surface area contributed by atoms with Crippen LogP contribution in [0.2, 0.25) is 6.55 Å². The second kappa shape index (κ2) is 9.61. The molecule has 3 aromatic carbocycles. The van der Waals surface area contributed by atoms with E-state index in [2.05, 4.69) is 0 Å². The lowest BCUT2D eigenvalue weighted by Crippen LogP contribution is -2.74. The molecule has 0 spiro atoms. The van der Waals surface area contributed by atoms with Crippen LogP contribution in [0.1, 0.15) is 31.1 Å². The van der Waals surface area contributed by atoms with E-state index in [1.807, 2.05) is 24.7 Å². The minimum absolute atomic E-state index is 0.250. The second-order valence-electron chi connectivity index (χ2n) is 7.66. The summed E-state index contributed by atoms with van der Waals surface area (Å²) in [7, 11) is 1.63. The van der Waals surface area contributed by atoms with Gasteiger partial charge in [0.2, 0.25) is 17.7 Å². The minimum atomic E-state index is -3.35. The summed E-state index contributed by atoms with van der Waals surface area (Å²) < 4.78 is 4.68. The predicted molar refractivity (Wildman–Crippen MR) is 127 cm³/mol. The molecule has 0 atom stereocenters. The average Bonchev–Trinajstić information content (AvgIpc) is 2.87. The maximum atomic E-state index is 13.4. The van der Waals surface area contributed by atoms with Crippen molar-refractivity contribution in [2.45, 2.75) is 6.55 Å². The summed E-state index contributed by atoms with van der Waals surface area (Å²) in [4.78, 5) is 40.2. The SMILES string of the molecule is CN(C(=O)c1ccccc1)[Si](C)(N(C)C(=O)c1ccccc1)N(C)C(=O)c1ccccc1. The third-order valence-corrected chi connectivity index (χ3v) is 10.3. The van der Waals surface area contributed by atoms with Gasteiger partial charge in [0.1, 0.15) is 0 Å². The van der Waals surface area contributed by atoms with Crippen LogP contribution >= 0.6 is 0 Å². The van der Waals surface area contributed by atoms with Gasteiger partial charge in [-0.25, -0.2) is 0 Å². The zero-order chi connectivity index (χ0) is 23.3. The Morgan fingerprint density at radius 1 is 0.500 bits per heavy atom. The lowest BCUT2D eigenvalue weighted by atomic mass is 10.2. The molecule has 3 aromatic rings. The number of rotatable bonds is 6. The van der Waals surface area contributed by atoms with Gasteiger partial charge in [0.15, 0.2) is 0 Å². The molecular formula is C25H27N3O3Si. The Labute approximate surface area is 189 Å². The van der Waals surface area contributed by atoms with E-state index in [0.29, 0.717) is 16.7 Å². The summed E-state index contributed by atoms with van der Waals surface area (Å²) in [6.07, 6.45) is 0. The summed E-state index contributed by atoms with van der Waals surface area (Å²) in [5.74, 6) is -0.749. The second-order valence-corrected chi connectivity index (χ2v) is 11.6. The number of amides is 3. The average molecular weight is 446 g/mol. The fraction of sp³-hybridized carbons (Fsp3) is 0.160. The molecule has 164 valence electrons. The Kier molecular flexibility index (Phi) is 6.90. The minimum Gasteiger partial charge on any atom is -0.334 e. The predicted octanol–water partition coefficient (Wildman–Crippen LogP) is 3.87. The first-order valence-corrected chi connectivity index (χ1v) is 12.6.